The number of pyridine rings is 1. The second-order valence-electron chi connectivity index (χ2n) is 3.40. The van der Waals surface area contributed by atoms with Crippen molar-refractivity contribution in [3.05, 3.63) is 23.0 Å². The lowest BCUT2D eigenvalue weighted by molar-refractivity contribution is -0.118. The Kier molecular flexibility index (Phi) is 4.36. The number of aryl methyl sites for hydroxylation is 1. The first-order chi connectivity index (χ1) is 7.04. The van der Waals surface area contributed by atoms with Crippen LogP contribution in [0.5, 0.6) is 0 Å². The third-order valence-electron chi connectivity index (χ3n) is 1.91. The Morgan fingerprint density at radius 1 is 1.67 bits per heavy atom. The van der Waals surface area contributed by atoms with E-state index >= 15 is 0 Å². The molecule has 0 saturated carbocycles. The van der Waals surface area contributed by atoms with Crippen LogP contribution in [0.25, 0.3) is 0 Å². The van der Waals surface area contributed by atoms with E-state index in [0.717, 1.165) is 5.56 Å². The maximum Gasteiger partial charge on any atom is 0.228 e. The highest BCUT2D eigenvalue weighted by Gasteiger charge is 2.13. The molecule has 0 bridgehead atoms. The lowest BCUT2D eigenvalue weighted by Gasteiger charge is -2.10. The quantitative estimate of drug-likeness (QED) is 0.659. The van der Waals surface area contributed by atoms with Crippen molar-refractivity contribution in [2.75, 3.05) is 11.2 Å². The number of anilines is 1. The first kappa shape index (κ1) is 12.3. The maximum atomic E-state index is 11.5. The predicted molar refractivity (Wildman–Crippen MR) is 62.5 cm³/mol. The monoisotopic (exact) mass is 246 g/mol. The molecule has 1 atom stereocenters. The fourth-order valence-corrected chi connectivity index (χ4v) is 1.26. The Hall–Kier alpha value is -0.800. The molecule has 5 heteroatoms. The van der Waals surface area contributed by atoms with Crippen molar-refractivity contribution in [2.24, 2.45) is 5.92 Å². The highest BCUT2D eigenvalue weighted by atomic mass is 35.5. The summed E-state index contributed by atoms with van der Waals surface area (Å²) < 4.78 is 0. The van der Waals surface area contributed by atoms with Gasteiger partial charge in [0.05, 0.1) is 5.69 Å². The topological polar surface area (TPSA) is 42.0 Å². The van der Waals surface area contributed by atoms with Crippen LogP contribution in [0.15, 0.2) is 12.3 Å². The third-order valence-corrected chi connectivity index (χ3v) is 2.68. The van der Waals surface area contributed by atoms with Crippen LogP contribution in [0.4, 0.5) is 5.69 Å². The Balaban J connectivity index is 2.80. The van der Waals surface area contributed by atoms with E-state index in [2.05, 4.69) is 10.3 Å². The largest absolute Gasteiger partial charge is 0.323 e. The van der Waals surface area contributed by atoms with Crippen LogP contribution in [0, 0.1) is 12.8 Å². The van der Waals surface area contributed by atoms with Crippen molar-refractivity contribution >= 4 is 34.8 Å². The summed E-state index contributed by atoms with van der Waals surface area (Å²) in [6, 6.07) is 1.77. The molecule has 0 spiro atoms. The number of aromatic nitrogens is 1. The highest BCUT2D eigenvalue weighted by Crippen LogP contribution is 2.20. The van der Waals surface area contributed by atoms with Crippen LogP contribution in [-0.4, -0.2) is 16.8 Å². The molecule has 3 nitrogen and oxygen atoms in total. The van der Waals surface area contributed by atoms with Gasteiger partial charge in [-0.05, 0) is 18.6 Å². The Morgan fingerprint density at radius 2 is 2.33 bits per heavy atom. The summed E-state index contributed by atoms with van der Waals surface area (Å²) in [5, 5.41) is 2.97. The van der Waals surface area contributed by atoms with Gasteiger partial charge in [0.1, 0.15) is 0 Å². The summed E-state index contributed by atoms with van der Waals surface area (Å²) in [5.41, 5.74) is 1.46. The van der Waals surface area contributed by atoms with Crippen molar-refractivity contribution in [3.63, 3.8) is 0 Å². The Labute approximate surface area is 98.8 Å². The van der Waals surface area contributed by atoms with Crippen molar-refractivity contribution in [1.82, 2.24) is 4.98 Å². The number of nitrogens with one attached hydrogen (secondary N) is 1. The summed E-state index contributed by atoms with van der Waals surface area (Å²) in [7, 11) is 0. The van der Waals surface area contributed by atoms with Crippen LogP contribution in [0.3, 0.4) is 0 Å². The van der Waals surface area contributed by atoms with Crippen LogP contribution in [0.1, 0.15) is 12.5 Å². The van der Waals surface area contributed by atoms with Gasteiger partial charge < -0.3 is 5.32 Å². The summed E-state index contributed by atoms with van der Waals surface area (Å²) in [6.07, 6.45) is 1.64. The zero-order valence-electron chi connectivity index (χ0n) is 8.55. The van der Waals surface area contributed by atoms with Crippen molar-refractivity contribution < 1.29 is 4.79 Å². The van der Waals surface area contributed by atoms with Gasteiger partial charge in [-0.15, -0.1) is 11.6 Å². The third kappa shape index (κ3) is 3.36. The van der Waals surface area contributed by atoms with Crippen LogP contribution in [-0.2, 0) is 4.79 Å². The maximum absolute atomic E-state index is 11.5. The summed E-state index contributed by atoms with van der Waals surface area (Å²) >= 11 is 11.4. The number of nitrogens with zero attached hydrogens (tertiary/aromatic N) is 1. The van der Waals surface area contributed by atoms with Gasteiger partial charge in [0.25, 0.3) is 0 Å². The fourth-order valence-electron chi connectivity index (χ4n) is 0.966. The first-order valence-electron chi connectivity index (χ1n) is 4.53. The molecule has 1 amide bonds. The molecule has 82 valence electrons. The van der Waals surface area contributed by atoms with Crippen LogP contribution >= 0.6 is 23.2 Å². The number of hydrogen-bond donors (Lipinski definition) is 1. The first-order valence-corrected chi connectivity index (χ1v) is 5.44. The second kappa shape index (κ2) is 5.33. The highest BCUT2D eigenvalue weighted by molar-refractivity contribution is 6.32. The molecular weight excluding hydrogens is 235 g/mol. The molecule has 1 aromatic heterocycles. The van der Waals surface area contributed by atoms with E-state index in [-0.39, 0.29) is 22.9 Å². The van der Waals surface area contributed by atoms with Gasteiger partial charge >= 0.3 is 0 Å². The molecule has 0 saturated heterocycles. The molecular formula is C10H12Cl2N2O. The van der Waals surface area contributed by atoms with Crippen molar-refractivity contribution in [3.8, 4) is 0 Å². The van der Waals surface area contributed by atoms with Gasteiger partial charge in [0, 0.05) is 18.0 Å². The number of hydrogen-bond acceptors (Lipinski definition) is 2. The average Bonchev–Trinajstić information content (AvgIpc) is 2.22. The lowest BCUT2D eigenvalue weighted by atomic mass is 10.2. The lowest BCUT2D eigenvalue weighted by Crippen LogP contribution is -2.21. The number of carbonyl (C=O) groups excluding carboxylic acids is 1. The van der Waals surface area contributed by atoms with Crippen LogP contribution in [0.2, 0.25) is 5.15 Å². The number of rotatable bonds is 3. The van der Waals surface area contributed by atoms with Gasteiger partial charge in [-0.3, -0.25) is 4.79 Å². The molecule has 0 fully saturated rings. The fraction of sp³-hybridized carbons (Fsp3) is 0.400. The summed E-state index contributed by atoms with van der Waals surface area (Å²) in [6.45, 7) is 3.63. The predicted octanol–water partition coefficient (Wildman–Crippen LogP) is 2.86. The van der Waals surface area contributed by atoms with Gasteiger partial charge in [0.15, 0.2) is 5.15 Å². The molecule has 0 radical (unpaired) electrons. The van der Waals surface area contributed by atoms with E-state index in [1.807, 2.05) is 6.92 Å². The molecule has 0 aromatic carbocycles. The molecule has 0 aliphatic heterocycles. The number of halogens is 2. The Bertz CT molecular complexity index is 368. The molecule has 1 unspecified atom stereocenters. The number of carbonyl (C=O) groups is 1. The summed E-state index contributed by atoms with van der Waals surface area (Å²) in [4.78, 5) is 15.5. The van der Waals surface area contributed by atoms with Gasteiger partial charge in [0.2, 0.25) is 5.91 Å². The molecule has 1 rings (SSSR count). The minimum Gasteiger partial charge on any atom is -0.323 e. The molecule has 0 aliphatic carbocycles. The molecule has 15 heavy (non-hydrogen) atoms. The zero-order valence-corrected chi connectivity index (χ0v) is 10.1. The second-order valence-corrected chi connectivity index (χ2v) is 4.06. The molecule has 0 aliphatic rings. The van der Waals surface area contributed by atoms with Gasteiger partial charge in [-0.25, -0.2) is 4.98 Å². The van der Waals surface area contributed by atoms with Gasteiger partial charge in [-0.2, -0.15) is 0 Å². The van der Waals surface area contributed by atoms with E-state index < -0.39 is 0 Å². The minimum atomic E-state index is -0.247. The van der Waals surface area contributed by atoms with E-state index in [9.17, 15) is 4.79 Å². The Morgan fingerprint density at radius 3 is 2.93 bits per heavy atom. The SMILES string of the molecule is Cc1cnc(Cl)c(NC(=O)C(C)CCl)c1. The molecule has 1 aromatic rings. The number of alkyl halides is 1. The number of amides is 1. The molecule has 1 heterocycles. The average molecular weight is 247 g/mol. The van der Waals surface area contributed by atoms with Crippen LogP contribution < -0.4 is 5.32 Å². The van der Waals surface area contributed by atoms with E-state index in [4.69, 9.17) is 23.2 Å². The smallest absolute Gasteiger partial charge is 0.228 e. The van der Waals surface area contributed by atoms with Crippen molar-refractivity contribution in [2.45, 2.75) is 13.8 Å². The van der Waals surface area contributed by atoms with E-state index in [1.54, 1.807) is 19.2 Å². The standard InChI is InChI=1S/C10H12Cl2N2O/c1-6-3-8(9(12)13-5-6)14-10(15)7(2)4-11/h3,5,7H,4H2,1-2H3,(H,14,15). The summed E-state index contributed by atoms with van der Waals surface area (Å²) in [5.74, 6) is -0.120. The van der Waals surface area contributed by atoms with Crippen molar-refractivity contribution in [1.29, 1.82) is 0 Å². The molecule has 1 N–H and O–H groups in total. The van der Waals surface area contributed by atoms with Gasteiger partial charge in [-0.1, -0.05) is 18.5 Å². The van der Waals surface area contributed by atoms with E-state index in [1.165, 1.54) is 0 Å². The minimum absolute atomic E-state index is 0.153. The van der Waals surface area contributed by atoms with E-state index in [0.29, 0.717) is 5.69 Å². The normalized spacial score (nSPS) is 12.3. The zero-order chi connectivity index (χ0) is 11.4.